The minimum Gasteiger partial charge on any atom is -0.439 e. The van der Waals surface area contributed by atoms with Crippen LogP contribution in [0.1, 0.15) is 17.0 Å². The van der Waals surface area contributed by atoms with Gasteiger partial charge in [0.25, 0.3) is 25.8 Å². The second kappa shape index (κ2) is 13.1. The lowest BCUT2D eigenvalue weighted by atomic mass is 10.1. The van der Waals surface area contributed by atoms with Gasteiger partial charge in [-0.3, -0.25) is 9.11 Å². The SMILES string of the molecule is C#CC(=Cc1oc2cc3ccccc3cc2[n+]1Cc1ccccc1S(=O)(=O)O)C=C1Oc2cc3ccccc3cc2N1Cc1ccccc1S(=O)(=O)O. The molecule has 0 aliphatic carbocycles. The zero-order valence-corrected chi connectivity index (χ0v) is 29.4. The molecule has 1 aliphatic heterocycles. The molecule has 2 N–H and O–H groups in total. The van der Waals surface area contributed by atoms with Crippen LogP contribution in [0.3, 0.4) is 0 Å². The van der Waals surface area contributed by atoms with E-state index in [1.54, 1.807) is 45.9 Å². The minimum absolute atomic E-state index is 0.00856. The zero-order valence-electron chi connectivity index (χ0n) is 27.7. The van der Waals surface area contributed by atoms with Gasteiger partial charge in [-0.15, -0.1) is 6.42 Å². The fourth-order valence-electron chi connectivity index (χ4n) is 6.62. The molecule has 0 bridgehead atoms. The maximum absolute atomic E-state index is 12.3. The third-order valence-electron chi connectivity index (χ3n) is 9.08. The van der Waals surface area contributed by atoms with Crippen molar-refractivity contribution in [1.29, 1.82) is 0 Å². The van der Waals surface area contributed by atoms with Gasteiger partial charge < -0.3 is 14.1 Å². The van der Waals surface area contributed by atoms with Crippen molar-refractivity contribution in [3.05, 3.63) is 156 Å². The van der Waals surface area contributed by atoms with Crippen LogP contribution in [0.2, 0.25) is 0 Å². The molecule has 0 radical (unpaired) electrons. The number of ether oxygens (including phenoxy) is 1. The largest absolute Gasteiger partial charge is 0.439 e. The van der Waals surface area contributed by atoms with E-state index in [2.05, 4.69) is 5.92 Å². The van der Waals surface area contributed by atoms with Crippen LogP contribution in [-0.2, 0) is 33.3 Å². The average molecular weight is 742 g/mol. The summed E-state index contributed by atoms with van der Waals surface area (Å²) in [5.74, 6) is 3.78. The standard InChI is InChI=1S/C41H28N2O8S2/c1-2-27(19-40-42(25-32-15-7-9-17-38(32)52(44,45)46)34-21-28-11-3-5-13-30(28)23-36(34)50-40)20-41-43(26-33-16-8-10-18-39(33)53(47,48)49)35-22-29-12-4-6-14-31(29)24-37(35)51-41/h1,3-24H,25-26H2,(H-,44,45,46,47,48,49)/p+1. The van der Waals surface area contributed by atoms with Gasteiger partial charge in [0.05, 0.1) is 23.2 Å². The number of hydrogen-bond acceptors (Lipinski definition) is 7. The summed E-state index contributed by atoms with van der Waals surface area (Å²) in [5.41, 5.74) is 2.80. The molecule has 262 valence electrons. The number of fused-ring (bicyclic) bond motifs is 4. The molecule has 2 heterocycles. The van der Waals surface area contributed by atoms with Crippen LogP contribution in [-0.4, -0.2) is 25.9 Å². The monoisotopic (exact) mass is 741 g/mol. The highest BCUT2D eigenvalue weighted by Crippen LogP contribution is 2.43. The van der Waals surface area contributed by atoms with Crippen LogP contribution in [0.25, 0.3) is 38.7 Å². The Hall–Kier alpha value is -6.23. The molecule has 1 aromatic heterocycles. The number of aromatic nitrogens is 1. The minimum atomic E-state index is -4.54. The number of hydrogen-bond donors (Lipinski definition) is 2. The van der Waals surface area contributed by atoms with Gasteiger partial charge in [0.2, 0.25) is 11.5 Å². The summed E-state index contributed by atoms with van der Waals surface area (Å²) in [6, 6.07) is 35.5. The molecule has 0 saturated heterocycles. The van der Waals surface area contributed by atoms with E-state index in [0.717, 1.165) is 21.5 Å². The molecule has 0 spiro atoms. The first-order valence-corrected chi connectivity index (χ1v) is 19.2. The maximum Gasteiger partial charge on any atom is 0.375 e. The second-order valence-corrected chi connectivity index (χ2v) is 15.2. The predicted octanol–water partition coefficient (Wildman–Crippen LogP) is 7.53. The van der Waals surface area contributed by atoms with E-state index in [1.165, 1.54) is 24.3 Å². The van der Waals surface area contributed by atoms with Gasteiger partial charge in [-0.1, -0.05) is 90.8 Å². The molecule has 10 nitrogen and oxygen atoms in total. The highest BCUT2D eigenvalue weighted by Gasteiger charge is 2.30. The van der Waals surface area contributed by atoms with E-state index in [9.17, 15) is 25.9 Å². The zero-order chi connectivity index (χ0) is 36.9. The summed E-state index contributed by atoms with van der Waals surface area (Å²) in [5, 5.41) is 3.72. The predicted molar refractivity (Wildman–Crippen MR) is 201 cm³/mol. The Morgan fingerprint density at radius 1 is 0.736 bits per heavy atom. The molecule has 0 atom stereocenters. The molecule has 0 saturated carbocycles. The molecule has 12 heteroatoms. The van der Waals surface area contributed by atoms with Crippen LogP contribution < -0.4 is 14.2 Å². The quantitative estimate of drug-likeness (QED) is 0.0920. The smallest absolute Gasteiger partial charge is 0.375 e. The van der Waals surface area contributed by atoms with Crippen molar-refractivity contribution in [3.8, 4) is 18.1 Å². The first-order chi connectivity index (χ1) is 25.5. The van der Waals surface area contributed by atoms with E-state index in [0.29, 0.717) is 39.2 Å². The maximum atomic E-state index is 12.3. The summed E-state index contributed by atoms with van der Waals surface area (Å²) in [4.78, 5) is 1.31. The first-order valence-electron chi connectivity index (χ1n) is 16.3. The lowest BCUT2D eigenvalue weighted by Gasteiger charge is -2.20. The molecule has 0 fully saturated rings. The molecule has 1 aliphatic rings. The van der Waals surface area contributed by atoms with Gasteiger partial charge in [0.15, 0.2) is 12.3 Å². The van der Waals surface area contributed by atoms with Gasteiger partial charge in [-0.25, -0.2) is 0 Å². The third-order valence-corrected chi connectivity index (χ3v) is 11.0. The third kappa shape index (κ3) is 6.54. The van der Waals surface area contributed by atoms with Crippen LogP contribution in [0.4, 0.5) is 5.69 Å². The number of rotatable bonds is 8. The fourth-order valence-corrected chi connectivity index (χ4v) is 8.05. The van der Waals surface area contributed by atoms with E-state index in [1.807, 2.05) is 72.8 Å². The number of terminal acetylenes is 1. The van der Waals surface area contributed by atoms with Gasteiger partial charge in [-0.2, -0.15) is 21.4 Å². The Bertz CT molecular complexity index is 2960. The normalized spacial score (nSPS) is 14.2. The Kier molecular flexibility index (Phi) is 8.36. The number of benzene rings is 6. The van der Waals surface area contributed by atoms with Crippen molar-refractivity contribution in [1.82, 2.24) is 0 Å². The summed E-state index contributed by atoms with van der Waals surface area (Å²) >= 11 is 0. The Labute approximate surface area is 305 Å². The van der Waals surface area contributed by atoms with Crippen molar-refractivity contribution in [3.63, 3.8) is 0 Å². The summed E-state index contributed by atoms with van der Waals surface area (Å²) < 4.78 is 84.0. The topological polar surface area (TPSA) is 138 Å². The molecule has 53 heavy (non-hydrogen) atoms. The number of allylic oxidation sites excluding steroid dienone is 2. The fraction of sp³-hybridized carbons (Fsp3) is 0.0488. The molecular weight excluding hydrogens is 713 g/mol. The first kappa shape index (κ1) is 33.9. The van der Waals surface area contributed by atoms with Crippen molar-refractivity contribution in [2.24, 2.45) is 0 Å². The van der Waals surface area contributed by atoms with Gasteiger partial charge in [0, 0.05) is 23.3 Å². The van der Waals surface area contributed by atoms with Crippen molar-refractivity contribution >= 4 is 64.6 Å². The molecule has 0 unspecified atom stereocenters. The number of nitrogens with zero attached hydrogens (tertiary/aromatic N) is 2. The lowest BCUT2D eigenvalue weighted by molar-refractivity contribution is -0.669. The summed E-state index contributed by atoms with van der Waals surface area (Å²) in [7, 11) is -9.09. The van der Waals surface area contributed by atoms with E-state index in [-0.39, 0.29) is 34.7 Å². The second-order valence-electron chi connectivity index (χ2n) is 12.4. The van der Waals surface area contributed by atoms with Crippen LogP contribution in [0.5, 0.6) is 5.75 Å². The van der Waals surface area contributed by atoms with Crippen LogP contribution in [0.15, 0.2) is 153 Å². The molecular formula is C41H29N2O8S2+. The molecule has 6 aromatic carbocycles. The lowest BCUT2D eigenvalue weighted by Crippen LogP contribution is -2.36. The van der Waals surface area contributed by atoms with Crippen molar-refractivity contribution in [2.45, 2.75) is 22.9 Å². The Balaban J connectivity index is 1.29. The summed E-state index contributed by atoms with van der Waals surface area (Å²) in [6.45, 7) is 0.0171. The van der Waals surface area contributed by atoms with E-state index >= 15 is 0 Å². The van der Waals surface area contributed by atoms with Crippen molar-refractivity contribution in [2.75, 3.05) is 4.90 Å². The van der Waals surface area contributed by atoms with E-state index in [4.69, 9.17) is 15.6 Å². The van der Waals surface area contributed by atoms with E-state index < -0.39 is 20.2 Å². The van der Waals surface area contributed by atoms with Crippen LogP contribution >= 0.6 is 0 Å². The Morgan fingerprint density at radius 2 is 1.28 bits per heavy atom. The summed E-state index contributed by atoms with van der Waals surface area (Å²) in [6.07, 6.45) is 9.36. The number of oxazole rings is 1. The van der Waals surface area contributed by atoms with Gasteiger partial charge in [-0.05, 0) is 57.4 Å². The van der Waals surface area contributed by atoms with Gasteiger partial charge in [0.1, 0.15) is 4.90 Å². The highest BCUT2D eigenvalue weighted by atomic mass is 32.2. The average Bonchev–Trinajstić information content (AvgIpc) is 3.63. The molecule has 7 aromatic rings. The molecule has 0 amide bonds. The van der Waals surface area contributed by atoms with Crippen molar-refractivity contribution < 1.29 is 39.7 Å². The van der Waals surface area contributed by atoms with Crippen LogP contribution in [0, 0.1) is 12.3 Å². The molecule has 8 rings (SSSR count). The number of anilines is 1. The Morgan fingerprint density at radius 3 is 1.92 bits per heavy atom. The highest BCUT2D eigenvalue weighted by molar-refractivity contribution is 7.86. The van der Waals surface area contributed by atoms with Gasteiger partial charge >= 0.3 is 5.89 Å².